The average Bonchev–Trinajstić information content (AvgIpc) is 3.00. The minimum Gasteiger partial charge on any atom is -0.350 e. The lowest BCUT2D eigenvalue weighted by atomic mass is 9.90. The van der Waals surface area contributed by atoms with Gasteiger partial charge in [-0.3, -0.25) is 9.59 Å². The van der Waals surface area contributed by atoms with E-state index in [1.807, 2.05) is 34.9 Å². The number of hydrogen-bond donors (Lipinski definition) is 2. The maximum atomic E-state index is 12.6. The molecule has 126 valence electrons. The monoisotopic (exact) mass is 354 g/mol. The minimum atomic E-state index is -0.489. The van der Waals surface area contributed by atoms with Crippen LogP contribution >= 0.6 is 11.6 Å². The third kappa shape index (κ3) is 3.08. The van der Waals surface area contributed by atoms with E-state index in [-0.39, 0.29) is 18.2 Å². The molecular weight excluding hydrogens is 340 g/mol. The Morgan fingerprint density at radius 1 is 1.28 bits per heavy atom. The maximum Gasteiger partial charge on any atom is 0.228 e. The molecule has 2 amide bonds. The van der Waals surface area contributed by atoms with Crippen LogP contribution in [0.1, 0.15) is 23.6 Å². The fourth-order valence-electron chi connectivity index (χ4n) is 3.05. The molecule has 0 fully saturated rings. The lowest BCUT2D eigenvalue weighted by Crippen LogP contribution is -2.34. The standard InChI is InChI=1S/C18H15ClN4O2/c19-11-5-6-16-21-12(10-23(16)9-11)8-20-18(25)14-7-17(24)22-15-4-2-1-3-13(14)15/h1-6,9-10,14H,7-8H2,(H,20,25)(H,22,24). The molecule has 0 saturated carbocycles. The molecule has 0 bridgehead atoms. The molecular formula is C18H15ClN4O2. The second kappa shape index (κ2) is 6.22. The number of carbonyl (C=O) groups is 2. The molecule has 3 aromatic rings. The smallest absolute Gasteiger partial charge is 0.228 e. The molecule has 4 rings (SSSR count). The van der Waals surface area contributed by atoms with E-state index in [0.29, 0.717) is 17.3 Å². The van der Waals surface area contributed by atoms with Crippen molar-refractivity contribution >= 4 is 34.7 Å². The van der Waals surface area contributed by atoms with E-state index in [2.05, 4.69) is 15.6 Å². The van der Waals surface area contributed by atoms with Gasteiger partial charge in [0.25, 0.3) is 0 Å². The van der Waals surface area contributed by atoms with Crippen molar-refractivity contribution in [3.05, 3.63) is 65.1 Å². The van der Waals surface area contributed by atoms with Gasteiger partial charge in [0, 0.05) is 24.5 Å². The Hall–Kier alpha value is -2.86. The molecule has 2 aromatic heterocycles. The fraction of sp³-hybridized carbons (Fsp3) is 0.167. The third-order valence-electron chi connectivity index (χ3n) is 4.22. The highest BCUT2D eigenvalue weighted by Gasteiger charge is 2.30. The summed E-state index contributed by atoms with van der Waals surface area (Å²) in [5.41, 5.74) is 3.02. The Kier molecular flexibility index (Phi) is 3.89. The van der Waals surface area contributed by atoms with E-state index in [9.17, 15) is 9.59 Å². The Labute approximate surface area is 148 Å². The van der Waals surface area contributed by atoms with Gasteiger partial charge in [-0.2, -0.15) is 0 Å². The average molecular weight is 355 g/mol. The van der Waals surface area contributed by atoms with Gasteiger partial charge in [-0.05, 0) is 23.8 Å². The molecule has 0 aliphatic carbocycles. The van der Waals surface area contributed by atoms with Crippen LogP contribution in [0.15, 0.2) is 48.8 Å². The van der Waals surface area contributed by atoms with Crippen LogP contribution in [0.5, 0.6) is 0 Å². The Balaban J connectivity index is 1.51. The lowest BCUT2D eigenvalue weighted by Gasteiger charge is -2.24. The molecule has 0 spiro atoms. The first-order valence-corrected chi connectivity index (χ1v) is 8.27. The zero-order valence-corrected chi connectivity index (χ0v) is 14.0. The molecule has 0 saturated heterocycles. The van der Waals surface area contributed by atoms with Crippen LogP contribution in [0.3, 0.4) is 0 Å². The number of fused-ring (bicyclic) bond motifs is 2. The normalized spacial score (nSPS) is 16.4. The van der Waals surface area contributed by atoms with Gasteiger partial charge >= 0.3 is 0 Å². The van der Waals surface area contributed by atoms with Crippen LogP contribution in [0.4, 0.5) is 5.69 Å². The van der Waals surface area contributed by atoms with E-state index in [0.717, 1.165) is 16.9 Å². The zero-order chi connectivity index (χ0) is 17.4. The van der Waals surface area contributed by atoms with Crippen LogP contribution in [-0.4, -0.2) is 21.2 Å². The summed E-state index contributed by atoms with van der Waals surface area (Å²) in [6.45, 7) is 0.290. The van der Waals surface area contributed by atoms with Gasteiger partial charge in [0.05, 0.1) is 23.2 Å². The van der Waals surface area contributed by atoms with Crippen molar-refractivity contribution in [3.63, 3.8) is 0 Å². The van der Waals surface area contributed by atoms with Crippen molar-refractivity contribution in [2.24, 2.45) is 0 Å². The van der Waals surface area contributed by atoms with Crippen molar-refractivity contribution in [1.82, 2.24) is 14.7 Å². The largest absolute Gasteiger partial charge is 0.350 e. The summed E-state index contributed by atoms with van der Waals surface area (Å²) < 4.78 is 1.81. The Bertz CT molecular complexity index is 982. The predicted molar refractivity (Wildman–Crippen MR) is 94.5 cm³/mol. The summed E-state index contributed by atoms with van der Waals surface area (Å²) >= 11 is 5.96. The highest BCUT2D eigenvalue weighted by Crippen LogP contribution is 2.32. The number of carbonyl (C=O) groups excluding carboxylic acids is 2. The van der Waals surface area contributed by atoms with Crippen LogP contribution in [0.2, 0.25) is 5.02 Å². The summed E-state index contributed by atoms with van der Waals surface area (Å²) in [5, 5.41) is 6.29. The van der Waals surface area contributed by atoms with E-state index in [1.165, 1.54) is 0 Å². The van der Waals surface area contributed by atoms with Crippen LogP contribution in [0.25, 0.3) is 5.65 Å². The van der Waals surface area contributed by atoms with Crippen molar-refractivity contribution in [2.75, 3.05) is 5.32 Å². The van der Waals surface area contributed by atoms with Gasteiger partial charge in [0.2, 0.25) is 11.8 Å². The summed E-state index contributed by atoms with van der Waals surface area (Å²) in [5.74, 6) is -0.824. The van der Waals surface area contributed by atoms with E-state index < -0.39 is 5.92 Å². The molecule has 1 aliphatic rings. The topological polar surface area (TPSA) is 75.5 Å². The van der Waals surface area contributed by atoms with E-state index in [4.69, 9.17) is 11.6 Å². The molecule has 3 heterocycles. The second-order valence-electron chi connectivity index (χ2n) is 5.95. The number of benzene rings is 1. The van der Waals surface area contributed by atoms with Crippen LogP contribution in [-0.2, 0) is 16.1 Å². The fourth-order valence-corrected chi connectivity index (χ4v) is 3.22. The molecule has 0 radical (unpaired) electrons. The summed E-state index contributed by atoms with van der Waals surface area (Å²) in [4.78, 5) is 28.9. The van der Waals surface area contributed by atoms with Gasteiger partial charge in [0.15, 0.2) is 0 Å². The number of imidazole rings is 1. The number of nitrogens with one attached hydrogen (secondary N) is 2. The number of aromatic nitrogens is 2. The van der Waals surface area contributed by atoms with Crippen LogP contribution < -0.4 is 10.6 Å². The Morgan fingerprint density at radius 2 is 2.12 bits per heavy atom. The van der Waals surface area contributed by atoms with Crippen molar-refractivity contribution < 1.29 is 9.59 Å². The quantitative estimate of drug-likeness (QED) is 0.759. The number of amides is 2. The van der Waals surface area contributed by atoms with Gasteiger partial charge in [-0.1, -0.05) is 29.8 Å². The van der Waals surface area contributed by atoms with Crippen molar-refractivity contribution in [2.45, 2.75) is 18.9 Å². The molecule has 1 aromatic carbocycles. The van der Waals surface area contributed by atoms with Gasteiger partial charge in [-0.15, -0.1) is 0 Å². The van der Waals surface area contributed by atoms with Gasteiger partial charge in [0.1, 0.15) is 5.65 Å². The van der Waals surface area contributed by atoms with Crippen molar-refractivity contribution in [3.8, 4) is 0 Å². The molecule has 1 unspecified atom stereocenters. The first kappa shape index (κ1) is 15.7. The number of rotatable bonds is 3. The predicted octanol–water partition coefficient (Wildman–Crippen LogP) is 2.73. The SMILES string of the molecule is O=C1CC(C(=O)NCc2cn3cc(Cl)ccc3n2)c2ccccc2N1. The summed E-state index contributed by atoms with van der Waals surface area (Å²) in [7, 11) is 0. The number of para-hydroxylation sites is 1. The van der Waals surface area contributed by atoms with Gasteiger partial charge in [-0.25, -0.2) is 4.98 Å². The molecule has 2 N–H and O–H groups in total. The highest BCUT2D eigenvalue weighted by atomic mass is 35.5. The highest BCUT2D eigenvalue weighted by molar-refractivity contribution is 6.30. The first-order valence-electron chi connectivity index (χ1n) is 7.90. The zero-order valence-electron chi connectivity index (χ0n) is 13.2. The lowest BCUT2D eigenvalue weighted by molar-refractivity contribution is -0.126. The maximum absolute atomic E-state index is 12.6. The first-order chi connectivity index (χ1) is 12.1. The summed E-state index contributed by atoms with van der Waals surface area (Å²) in [6.07, 6.45) is 3.73. The molecule has 1 aliphatic heterocycles. The molecule has 6 nitrogen and oxygen atoms in total. The number of halogens is 1. The molecule has 7 heteroatoms. The summed E-state index contributed by atoms with van der Waals surface area (Å²) in [6, 6.07) is 11.0. The number of pyridine rings is 1. The number of anilines is 1. The number of hydrogen-bond acceptors (Lipinski definition) is 3. The minimum absolute atomic E-state index is 0.142. The second-order valence-corrected chi connectivity index (χ2v) is 6.39. The number of nitrogens with zero attached hydrogens (tertiary/aromatic N) is 2. The van der Waals surface area contributed by atoms with E-state index in [1.54, 1.807) is 18.3 Å². The van der Waals surface area contributed by atoms with Crippen LogP contribution in [0, 0.1) is 0 Å². The van der Waals surface area contributed by atoms with Gasteiger partial charge < -0.3 is 15.0 Å². The Morgan fingerprint density at radius 3 is 3.00 bits per heavy atom. The third-order valence-corrected chi connectivity index (χ3v) is 4.45. The molecule has 1 atom stereocenters. The van der Waals surface area contributed by atoms with E-state index >= 15 is 0 Å². The van der Waals surface area contributed by atoms with Crippen molar-refractivity contribution in [1.29, 1.82) is 0 Å². The molecule has 25 heavy (non-hydrogen) atoms.